The third-order valence-corrected chi connectivity index (χ3v) is 7.34. The quantitative estimate of drug-likeness (QED) is 0.345. The van der Waals surface area contributed by atoms with E-state index in [0.717, 1.165) is 38.9 Å². The van der Waals surface area contributed by atoms with Crippen molar-refractivity contribution in [1.29, 1.82) is 0 Å². The first kappa shape index (κ1) is 22.5. The summed E-state index contributed by atoms with van der Waals surface area (Å²) in [6, 6.07) is 21.2. The summed E-state index contributed by atoms with van der Waals surface area (Å²) in [6.45, 7) is 0.626. The Labute approximate surface area is 217 Å². The number of hydrogen-bond donors (Lipinski definition) is 2. The predicted octanol–water partition coefficient (Wildman–Crippen LogP) is 3.77. The van der Waals surface area contributed by atoms with Crippen LogP contribution in [0.3, 0.4) is 0 Å². The molecule has 190 valence electrons. The van der Waals surface area contributed by atoms with Gasteiger partial charge in [-0.2, -0.15) is 5.21 Å². The zero-order valence-electron chi connectivity index (χ0n) is 20.5. The van der Waals surface area contributed by atoms with Gasteiger partial charge in [-0.3, -0.25) is 9.69 Å². The molecule has 0 bridgehead atoms. The third-order valence-electron chi connectivity index (χ3n) is 7.34. The average Bonchev–Trinajstić information content (AvgIpc) is 3.72. The van der Waals surface area contributed by atoms with Gasteiger partial charge in [0.25, 0.3) is 0 Å². The molecule has 0 radical (unpaired) electrons. The number of carbonyl (C=O) groups is 1. The summed E-state index contributed by atoms with van der Waals surface area (Å²) < 4.78 is 17.0. The zero-order chi connectivity index (χ0) is 25.6. The molecular formula is C28H24N6O4. The van der Waals surface area contributed by atoms with Gasteiger partial charge in [0.05, 0.1) is 13.2 Å². The maximum absolute atomic E-state index is 13.3. The fraction of sp³-hybridized carbons (Fsp3) is 0.214. The average molecular weight is 509 g/mol. The minimum Gasteiger partial charge on any atom is -0.468 e. The van der Waals surface area contributed by atoms with Crippen molar-refractivity contribution in [3.8, 4) is 22.9 Å². The smallest absolute Gasteiger partial charge is 0.323 e. The first-order valence-corrected chi connectivity index (χ1v) is 12.4. The van der Waals surface area contributed by atoms with E-state index in [1.165, 1.54) is 7.11 Å². The van der Waals surface area contributed by atoms with Crippen LogP contribution in [0.5, 0.6) is 11.5 Å². The number of nitrogens with zero attached hydrogens (tertiary/aromatic N) is 4. The first-order chi connectivity index (χ1) is 18.7. The third kappa shape index (κ3) is 3.60. The van der Waals surface area contributed by atoms with Crippen LogP contribution in [0.4, 0.5) is 0 Å². The Hall–Kier alpha value is -4.70. The Balaban J connectivity index is 1.41. The van der Waals surface area contributed by atoms with E-state index in [-0.39, 0.29) is 18.8 Å². The second kappa shape index (κ2) is 9.00. The predicted molar refractivity (Wildman–Crippen MR) is 137 cm³/mol. The van der Waals surface area contributed by atoms with E-state index >= 15 is 0 Å². The molecule has 4 heterocycles. The van der Waals surface area contributed by atoms with Gasteiger partial charge in [-0.1, -0.05) is 48.5 Å². The summed E-state index contributed by atoms with van der Waals surface area (Å²) in [4.78, 5) is 19.2. The monoisotopic (exact) mass is 508 g/mol. The van der Waals surface area contributed by atoms with Gasteiger partial charge in [0, 0.05) is 40.7 Å². The summed E-state index contributed by atoms with van der Waals surface area (Å²) in [7, 11) is 1.44. The van der Waals surface area contributed by atoms with Gasteiger partial charge >= 0.3 is 5.97 Å². The number of H-pyrrole nitrogens is 2. The zero-order valence-corrected chi connectivity index (χ0v) is 20.5. The van der Waals surface area contributed by atoms with Crippen molar-refractivity contribution < 1.29 is 19.0 Å². The number of para-hydroxylation sites is 2. The Kier molecular flexibility index (Phi) is 5.33. The Morgan fingerprint density at radius 3 is 2.87 bits per heavy atom. The molecule has 2 aliphatic rings. The SMILES string of the molecule is COC(=O)[C@@H]1Cc2c([nH]c3ccccc23)[C@@H](c2cccc3c2OCO3)N1Cc1cccc(-c2nn[nH]n2)c1. The number of nitrogens with one attached hydrogen (secondary N) is 2. The van der Waals surface area contributed by atoms with Crippen LogP contribution >= 0.6 is 0 Å². The molecule has 0 unspecified atom stereocenters. The molecular weight excluding hydrogens is 484 g/mol. The topological polar surface area (TPSA) is 118 Å². The number of methoxy groups -OCH3 is 1. The molecule has 0 fully saturated rings. The molecule has 7 rings (SSSR count). The van der Waals surface area contributed by atoms with Crippen LogP contribution in [0.25, 0.3) is 22.3 Å². The molecule has 0 spiro atoms. The second-order valence-corrected chi connectivity index (χ2v) is 9.40. The van der Waals surface area contributed by atoms with Crippen LogP contribution in [0.1, 0.15) is 28.4 Å². The number of ether oxygens (including phenoxy) is 3. The standard InChI is InChI=1S/C28H24N6O4/c1-36-28(35)22-13-20-18-8-2-3-10-21(18)29-24(20)25(19-9-5-11-23-26(19)38-15-37-23)34(22)14-16-6-4-7-17(12-16)27-30-32-33-31-27/h2-12,22,25,29H,13-15H2,1H3,(H,30,31,32,33)/t22-,25+/m0/s1. The lowest BCUT2D eigenvalue weighted by molar-refractivity contribution is -0.148. The normalized spacial score (nSPS) is 18.4. The molecule has 0 aliphatic carbocycles. The summed E-state index contributed by atoms with van der Waals surface area (Å²) in [6.07, 6.45) is 0.513. The first-order valence-electron chi connectivity index (χ1n) is 12.4. The minimum atomic E-state index is -0.524. The van der Waals surface area contributed by atoms with Gasteiger partial charge in [-0.05, 0) is 34.5 Å². The fourth-order valence-corrected chi connectivity index (χ4v) is 5.69. The summed E-state index contributed by atoms with van der Waals surface area (Å²) >= 11 is 0. The lowest BCUT2D eigenvalue weighted by atomic mass is 9.87. The van der Waals surface area contributed by atoms with Crippen molar-refractivity contribution in [2.24, 2.45) is 0 Å². The second-order valence-electron chi connectivity index (χ2n) is 9.40. The number of aromatic nitrogens is 5. The molecule has 2 aliphatic heterocycles. The molecule has 0 amide bonds. The Bertz CT molecular complexity index is 1650. The molecule has 2 N–H and O–H groups in total. The maximum atomic E-state index is 13.3. The van der Waals surface area contributed by atoms with Crippen molar-refractivity contribution in [3.05, 3.63) is 89.1 Å². The highest BCUT2D eigenvalue weighted by Gasteiger charge is 2.43. The molecule has 10 nitrogen and oxygen atoms in total. The van der Waals surface area contributed by atoms with E-state index in [0.29, 0.717) is 30.3 Å². The number of benzene rings is 3. The summed E-state index contributed by atoms with van der Waals surface area (Å²) in [5.41, 5.74) is 5.92. The lowest BCUT2D eigenvalue weighted by Gasteiger charge is -2.41. The van der Waals surface area contributed by atoms with Crippen LogP contribution in [-0.2, 0) is 22.5 Å². The van der Waals surface area contributed by atoms with Crippen molar-refractivity contribution >= 4 is 16.9 Å². The van der Waals surface area contributed by atoms with Crippen molar-refractivity contribution in [1.82, 2.24) is 30.5 Å². The van der Waals surface area contributed by atoms with Gasteiger partial charge in [0.1, 0.15) is 6.04 Å². The van der Waals surface area contributed by atoms with E-state index in [1.807, 2.05) is 54.6 Å². The van der Waals surface area contributed by atoms with Gasteiger partial charge in [-0.25, -0.2) is 0 Å². The van der Waals surface area contributed by atoms with Crippen LogP contribution in [0.2, 0.25) is 0 Å². The molecule has 3 aromatic carbocycles. The highest BCUT2D eigenvalue weighted by atomic mass is 16.7. The van der Waals surface area contributed by atoms with Crippen LogP contribution in [0.15, 0.2) is 66.7 Å². The van der Waals surface area contributed by atoms with Crippen molar-refractivity contribution in [2.75, 3.05) is 13.9 Å². The van der Waals surface area contributed by atoms with Gasteiger partial charge in [0.2, 0.25) is 12.6 Å². The maximum Gasteiger partial charge on any atom is 0.323 e. The lowest BCUT2D eigenvalue weighted by Crippen LogP contribution is -2.48. The number of rotatable bonds is 5. The van der Waals surface area contributed by atoms with E-state index in [9.17, 15) is 4.79 Å². The molecule has 2 aromatic heterocycles. The molecule has 0 saturated carbocycles. The van der Waals surface area contributed by atoms with E-state index < -0.39 is 6.04 Å². The van der Waals surface area contributed by atoms with E-state index in [4.69, 9.17) is 14.2 Å². The number of tetrazole rings is 1. The Morgan fingerprint density at radius 2 is 2.00 bits per heavy atom. The number of fused-ring (bicyclic) bond motifs is 4. The van der Waals surface area contributed by atoms with Crippen LogP contribution in [0, 0.1) is 0 Å². The number of hydrogen-bond acceptors (Lipinski definition) is 8. The number of aromatic amines is 2. The molecule has 10 heteroatoms. The minimum absolute atomic E-state index is 0.159. The fourth-order valence-electron chi connectivity index (χ4n) is 5.69. The molecule has 2 atom stereocenters. The number of esters is 1. The van der Waals surface area contributed by atoms with Crippen LogP contribution in [-0.4, -0.2) is 56.4 Å². The molecule has 5 aromatic rings. The van der Waals surface area contributed by atoms with Crippen LogP contribution < -0.4 is 9.47 Å². The molecule has 38 heavy (non-hydrogen) atoms. The number of carbonyl (C=O) groups excluding carboxylic acids is 1. The van der Waals surface area contributed by atoms with Gasteiger partial charge < -0.3 is 19.2 Å². The molecule has 0 saturated heterocycles. The largest absolute Gasteiger partial charge is 0.468 e. The summed E-state index contributed by atoms with van der Waals surface area (Å²) in [5.74, 6) is 1.61. The van der Waals surface area contributed by atoms with Crippen molar-refractivity contribution in [2.45, 2.75) is 25.0 Å². The highest BCUT2D eigenvalue weighted by molar-refractivity contribution is 5.87. The van der Waals surface area contributed by atoms with E-state index in [1.54, 1.807) is 0 Å². The van der Waals surface area contributed by atoms with E-state index in [2.05, 4.69) is 42.6 Å². The van der Waals surface area contributed by atoms with Gasteiger partial charge in [-0.15, -0.1) is 10.2 Å². The Morgan fingerprint density at radius 1 is 1.11 bits per heavy atom. The van der Waals surface area contributed by atoms with Gasteiger partial charge in [0.15, 0.2) is 11.5 Å². The summed E-state index contributed by atoms with van der Waals surface area (Å²) in [5, 5.41) is 15.5. The highest BCUT2D eigenvalue weighted by Crippen LogP contribution is 2.47. The van der Waals surface area contributed by atoms with Crippen molar-refractivity contribution in [3.63, 3.8) is 0 Å².